The maximum absolute atomic E-state index is 13.6. The molecule has 1 aromatic rings. The van der Waals surface area contributed by atoms with Crippen LogP contribution in [0, 0.1) is 15.9 Å². The summed E-state index contributed by atoms with van der Waals surface area (Å²) in [5, 5.41) is 16.8. The molecule has 98 valence electrons. The van der Waals surface area contributed by atoms with Crippen LogP contribution in [-0.4, -0.2) is 24.1 Å². The van der Waals surface area contributed by atoms with Gasteiger partial charge in [-0.15, -0.1) is 0 Å². The molecular formula is C12H16FN3O2. The van der Waals surface area contributed by atoms with Crippen LogP contribution >= 0.6 is 0 Å². The molecule has 2 N–H and O–H groups in total. The Bertz CT molecular complexity index is 433. The quantitative estimate of drug-likeness (QED) is 0.638. The van der Waals surface area contributed by atoms with Crippen molar-refractivity contribution >= 4 is 11.4 Å². The molecule has 1 aliphatic rings. The fourth-order valence-corrected chi connectivity index (χ4v) is 2.09. The van der Waals surface area contributed by atoms with Crippen molar-refractivity contribution in [3.63, 3.8) is 0 Å². The third kappa shape index (κ3) is 3.16. The lowest BCUT2D eigenvalue weighted by atomic mass is 10.1. The zero-order valence-corrected chi connectivity index (χ0v) is 9.99. The first-order valence-electron chi connectivity index (χ1n) is 6.08. The van der Waals surface area contributed by atoms with Crippen molar-refractivity contribution in [2.45, 2.75) is 25.3 Å². The lowest BCUT2D eigenvalue weighted by Crippen LogP contribution is -2.39. The van der Waals surface area contributed by atoms with E-state index < -0.39 is 10.7 Å². The molecule has 1 fully saturated rings. The monoisotopic (exact) mass is 253 g/mol. The van der Waals surface area contributed by atoms with Gasteiger partial charge < -0.3 is 10.6 Å². The zero-order chi connectivity index (χ0) is 13.0. The summed E-state index contributed by atoms with van der Waals surface area (Å²) in [5.74, 6) is -0.583. The highest BCUT2D eigenvalue weighted by atomic mass is 19.1. The van der Waals surface area contributed by atoms with Crippen LogP contribution in [0.2, 0.25) is 0 Å². The van der Waals surface area contributed by atoms with Crippen molar-refractivity contribution < 1.29 is 9.31 Å². The van der Waals surface area contributed by atoms with Crippen molar-refractivity contribution in [2.75, 3.05) is 18.4 Å². The van der Waals surface area contributed by atoms with E-state index in [1.807, 2.05) is 0 Å². The van der Waals surface area contributed by atoms with Crippen LogP contribution in [0.1, 0.15) is 19.3 Å². The maximum Gasteiger partial charge on any atom is 0.272 e. The first-order chi connectivity index (χ1) is 8.66. The van der Waals surface area contributed by atoms with Gasteiger partial charge in [0.25, 0.3) is 5.69 Å². The van der Waals surface area contributed by atoms with E-state index in [0.717, 1.165) is 19.0 Å². The smallest absolute Gasteiger partial charge is 0.272 e. The van der Waals surface area contributed by atoms with Gasteiger partial charge in [0.2, 0.25) is 0 Å². The molecule has 1 heterocycles. The summed E-state index contributed by atoms with van der Waals surface area (Å²) in [4.78, 5) is 9.88. The highest BCUT2D eigenvalue weighted by Gasteiger charge is 2.14. The molecule has 0 aliphatic carbocycles. The Kier molecular flexibility index (Phi) is 4.09. The van der Waals surface area contributed by atoms with Gasteiger partial charge in [-0.2, -0.15) is 0 Å². The van der Waals surface area contributed by atoms with E-state index in [1.165, 1.54) is 25.0 Å². The maximum atomic E-state index is 13.6. The van der Waals surface area contributed by atoms with Crippen LogP contribution in [-0.2, 0) is 0 Å². The normalized spacial score (nSPS) is 19.5. The fourth-order valence-electron chi connectivity index (χ4n) is 2.09. The summed E-state index contributed by atoms with van der Waals surface area (Å²) in [6.45, 7) is 1.63. The summed E-state index contributed by atoms with van der Waals surface area (Å²) < 4.78 is 13.6. The van der Waals surface area contributed by atoms with Crippen LogP contribution in [0.25, 0.3) is 0 Å². The van der Waals surface area contributed by atoms with Gasteiger partial charge in [0.05, 0.1) is 16.7 Å². The van der Waals surface area contributed by atoms with Gasteiger partial charge in [-0.3, -0.25) is 10.1 Å². The predicted molar refractivity (Wildman–Crippen MR) is 67.2 cm³/mol. The SMILES string of the molecule is O=[N+]([O-])c1ccc(NCC2CCCCN2)c(F)c1. The third-order valence-corrected chi connectivity index (χ3v) is 3.11. The van der Waals surface area contributed by atoms with Gasteiger partial charge in [-0.1, -0.05) is 6.42 Å². The molecule has 1 aromatic carbocycles. The Morgan fingerprint density at radius 2 is 2.33 bits per heavy atom. The summed E-state index contributed by atoms with van der Waals surface area (Å²) in [6, 6.07) is 4.00. The number of halogens is 1. The van der Waals surface area contributed by atoms with Crippen LogP contribution in [0.4, 0.5) is 15.8 Å². The van der Waals surface area contributed by atoms with Crippen LogP contribution in [0.5, 0.6) is 0 Å². The molecule has 0 bridgehead atoms. The van der Waals surface area contributed by atoms with Crippen molar-refractivity contribution in [3.05, 3.63) is 34.1 Å². The number of nitrogens with one attached hydrogen (secondary N) is 2. The molecule has 0 aromatic heterocycles. The Morgan fingerprint density at radius 3 is 2.94 bits per heavy atom. The minimum Gasteiger partial charge on any atom is -0.381 e. The largest absolute Gasteiger partial charge is 0.381 e. The topological polar surface area (TPSA) is 67.2 Å². The van der Waals surface area contributed by atoms with Gasteiger partial charge in [0.1, 0.15) is 0 Å². The van der Waals surface area contributed by atoms with E-state index in [9.17, 15) is 14.5 Å². The average Bonchev–Trinajstić information content (AvgIpc) is 2.38. The molecule has 0 amide bonds. The number of rotatable bonds is 4. The van der Waals surface area contributed by atoms with Gasteiger partial charge in [0.15, 0.2) is 5.82 Å². The highest BCUT2D eigenvalue weighted by Crippen LogP contribution is 2.20. The number of nitro benzene ring substituents is 1. The summed E-state index contributed by atoms with van der Waals surface area (Å²) in [7, 11) is 0. The number of anilines is 1. The molecule has 1 saturated heterocycles. The third-order valence-electron chi connectivity index (χ3n) is 3.11. The number of hydrogen-bond acceptors (Lipinski definition) is 4. The zero-order valence-electron chi connectivity index (χ0n) is 9.99. The lowest BCUT2D eigenvalue weighted by molar-refractivity contribution is -0.385. The number of benzene rings is 1. The Hall–Kier alpha value is -1.69. The standard InChI is InChI=1S/C12H16FN3O2/c13-11-7-10(16(17)18)4-5-12(11)15-8-9-3-1-2-6-14-9/h4-5,7,9,14-15H,1-3,6,8H2. The van der Waals surface area contributed by atoms with Crippen LogP contribution in [0.3, 0.4) is 0 Å². The van der Waals surface area contributed by atoms with Crippen LogP contribution < -0.4 is 10.6 Å². The highest BCUT2D eigenvalue weighted by molar-refractivity contribution is 5.50. The molecule has 0 saturated carbocycles. The Morgan fingerprint density at radius 1 is 1.50 bits per heavy atom. The predicted octanol–water partition coefficient (Wildman–Crippen LogP) is 2.29. The average molecular weight is 253 g/mol. The summed E-state index contributed by atoms with van der Waals surface area (Å²) >= 11 is 0. The summed E-state index contributed by atoms with van der Waals surface area (Å²) in [5.41, 5.74) is 0.0850. The van der Waals surface area contributed by atoms with E-state index in [4.69, 9.17) is 0 Å². The Balaban J connectivity index is 1.94. The molecule has 18 heavy (non-hydrogen) atoms. The van der Waals surface area contributed by atoms with Gasteiger partial charge in [-0.05, 0) is 25.5 Å². The molecule has 6 heteroatoms. The van der Waals surface area contributed by atoms with Crippen molar-refractivity contribution in [3.8, 4) is 0 Å². The molecule has 2 rings (SSSR count). The minimum absolute atomic E-state index is 0.228. The second-order valence-corrected chi connectivity index (χ2v) is 4.45. The number of piperidine rings is 1. The van der Waals surface area contributed by atoms with E-state index in [0.29, 0.717) is 18.3 Å². The number of non-ortho nitro benzene ring substituents is 1. The molecule has 1 unspecified atom stereocenters. The number of hydrogen-bond donors (Lipinski definition) is 2. The number of nitrogens with zero attached hydrogens (tertiary/aromatic N) is 1. The summed E-state index contributed by atoms with van der Waals surface area (Å²) in [6.07, 6.45) is 3.44. The van der Waals surface area contributed by atoms with E-state index in [2.05, 4.69) is 10.6 Å². The van der Waals surface area contributed by atoms with Crippen molar-refractivity contribution in [1.29, 1.82) is 0 Å². The minimum atomic E-state index is -0.602. The first kappa shape index (κ1) is 12.8. The lowest BCUT2D eigenvalue weighted by Gasteiger charge is -2.24. The molecule has 1 aliphatic heterocycles. The fraction of sp³-hybridized carbons (Fsp3) is 0.500. The second kappa shape index (κ2) is 5.77. The van der Waals surface area contributed by atoms with Gasteiger partial charge in [0, 0.05) is 18.7 Å². The first-order valence-corrected chi connectivity index (χ1v) is 6.08. The van der Waals surface area contributed by atoms with E-state index in [-0.39, 0.29) is 5.69 Å². The van der Waals surface area contributed by atoms with Gasteiger partial charge >= 0.3 is 0 Å². The molecule has 1 atom stereocenters. The molecule has 5 nitrogen and oxygen atoms in total. The van der Waals surface area contributed by atoms with E-state index in [1.54, 1.807) is 0 Å². The van der Waals surface area contributed by atoms with E-state index >= 15 is 0 Å². The molecule has 0 radical (unpaired) electrons. The number of nitro groups is 1. The molecule has 0 spiro atoms. The van der Waals surface area contributed by atoms with Gasteiger partial charge in [-0.25, -0.2) is 4.39 Å². The van der Waals surface area contributed by atoms with Crippen molar-refractivity contribution in [2.24, 2.45) is 0 Å². The second-order valence-electron chi connectivity index (χ2n) is 4.45. The van der Waals surface area contributed by atoms with Crippen LogP contribution in [0.15, 0.2) is 18.2 Å². The molecular weight excluding hydrogens is 237 g/mol. The van der Waals surface area contributed by atoms with Crippen molar-refractivity contribution in [1.82, 2.24) is 5.32 Å². The Labute approximate surface area is 105 Å².